The van der Waals surface area contributed by atoms with E-state index in [2.05, 4.69) is 15.0 Å². The summed E-state index contributed by atoms with van der Waals surface area (Å²) in [6.45, 7) is 0.200. The van der Waals surface area contributed by atoms with Crippen LogP contribution in [0, 0.1) is 0 Å². The number of aromatic nitrogens is 1. The molecule has 2 aromatic carbocycles. The summed E-state index contributed by atoms with van der Waals surface area (Å²) in [5, 5.41) is 2.72. The lowest BCUT2D eigenvalue weighted by Gasteiger charge is -2.10. The van der Waals surface area contributed by atoms with Crippen LogP contribution >= 0.6 is 11.3 Å². The van der Waals surface area contributed by atoms with Crippen LogP contribution in [0.4, 0.5) is 13.2 Å². The zero-order chi connectivity index (χ0) is 17.2. The summed E-state index contributed by atoms with van der Waals surface area (Å²) >= 11 is 1.44. The molecule has 1 amide bonds. The summed E-state index contributed by atoms with van der Waals surface area (Å²) in [5.41, 5.74) is 3.70. The molecule has 3 aromatic rings. The molecule has 0 saturated carbocycles. The fourth-order valence-electron chi connectivity index (χ4n) is 2.09. The van der Waals surface area contributed by atoms with Gasteiger partial charge in [0.25, 0.3) is 5.91 Å². The first kappa shape index (κ1) is 16.3. The van der Waals surface area contributed by atoms with Gasteiger partial charge in [0, 0.05) is 12.1 Å². The monoisotopic (exact) mass is 352 g/mol. The number of fused-ring (bicyclic) bond motifs is 1. The Morgan fingerprint density at radius 3 is 2.62 bits per heavy atom. The SMILES string of the molecule is O=C(NCc1ccc(OC(F)(F)F)cc1)c1ccc2ncsc2c1. The van der Waals surface area contributed by atoms with Gasteiger partial charge < -0.3 is 10.1 Å². The molecule has 0 atom stereocenters. The van der Waals surface area contributed by atoms with E-state index in [-0.39, 0.29) is 18.2 Å². The van der Waals surface area contributed by atoms with Crippen molar-refractivity contribution < 1.29 is 22.7 Å². The number of hydrogen-bond acceptors (Lipinski definition) is 4. The van der Waals surface area contributed by atoms with E-state index in [0.29, 0.717) is 11.1 Å². The molecule has 0 aliphatic carbocycles. The Morgan fingerprint density at radius 2 is 1.92 bits per heavy atom. The van der Waals surface area contributed by atoms with Gasteiger partial charge in [0.05, 0.1) is 15.7 Å². The van der Waals surface area contributed by atoms with Crippen LogP contribution in [-0.4, -0.2) is 17.3 Å². The minimum atomic E-state index is -4.72. The fraction of sp³-hybridized carbons (Fsp3) is 0.125. The van der Waals surface area contributed by atoms with Crippen molar-refractivity contribution in [2.45, 2.75) is 12.9 Å². The molecule has 0 saturated heterocycles. The zero-order valence-corrected chi connectivity index (χ0v) is 12.9. The Morgan fingerprint density at radius 1 is 1.17 bits per heavy atom. The number of amides is 1. The van der Waals surface area contributed by atoms with Crippen molar-refractivity contribution in [1.82, 2.24) is 10.3 Å². The van der Waals surface area contributed by atoms with Gasteiger partial charge in [0.1, 0.15) is 5.75 Å². The largest absolute Gasteiger partial charge is 0.573 e. The van der Waals surface area contributed by atoms with Crippen LogP contribution in [0.3, 0.4) is 0 Å². The first-order chi connectivity index (χ1) is 11.4. The van der Waals surface area contributed by atoms with Gasteiger partial charge in [-0.15, -0.1) is 24.5 Å². The number of nitrogens with zero attached hydrogens (tertiary/aromatic N) is 1. The molecular weight excluding hydrogens is 341 g/mol. The summed E-state index contributed by atoms with van der Waals surface area (Å²) in [6.07, 6.45) is -4.72. The lowest BCUT2D eigenvalue weighted by atomic mass is 10.2. The average Bonchev–Trinajstić information content (AvgIpc) is 3.00. The second-order valence-corrected chi connectivity index (χ2v) is 5.80. The summed E-state index contributed by atoms with van der Waals surface area (Å²) in [4.78, 5) is 16.3. The van der Waals surface area contributed by atoms with Crippen molar-refractivity contribution in [2.75, 3.05) is 0 Å². The second kappa shape index (κ2) is 6.48. The Bertz CT molecular complexity index is 860. The van der Waals surface area contributed by atoms with Crippen molar-refractivity contribution in [1.29, 1.82) is 0 Å². The molecule has 1 N–H and O–H groups in total. The summed E-state index contributed by atoms with van der Waals surface area (Å²) in [7, 11) is 0. The van der Waals surface area contributed by atoms with Crippen LogP contribution in [0.2, 0.25) is 0 Å². The van der Waals surface area contributed by atoms with Crippen LogP contribution in [-0.2, 0) is 6.54 Å². The highest BCUT2D eigenvalue weighted by Crippen LogP contribution is 2.23. The maximum Gasteiger partial charge on any atom is 0.573 e. The molecule has 0 bridgehead atoms. The smallest absolute Gasteiger partial charge is 0.406 e. The number of rotatable bonds is 4. The van der Waals surface area contributed by atoms with Crippen LogP contribution < -0.4 is 10.1 Å². The number of nitrogens with one attached hydrogen (secondary N) is 1. The molecular formula is C16H11F3N2O2S. The van der Waals surface area contributed by atoms with E-state index in [1.165, 1.54) is 35.6 Å². The van der Waals surface area contributed by atoms with Crippen molar-refractivity contribution in [3.8, 4) is 5.75 Å². The first-order valence-electron chi connectivity index (χ1n) is 6.87. The summed E-state index contributed by atoms with van der Waals surface area (Å²) in [6, 6.07) is 10.5. The highest BCUT2D eigenvalue weighted by atomic mass is 32.1. The molecule has 0 aliphatic heterocycles. The average molecular weight is 352 g/mol. The predicted octanol–water partition coefficient (Wildman–Crippen LogP) is 4.12. The van der Waals surface area contributed by atoms with Crippen LogP contribution in [0.1, 0.15) is 15.9 Å². The van der Waals surface area contributed by atoms with Gasteiger partial charge in [0.15, 0.2) is 0 Å². The normalized spacial score (nSPS) is 11.5. The molecule has 0 spiro atoms. The molecule has 0 fully saturated rings. The third kappa shape index (κ3) is 4.02. The number of halogens is 3. The number of carbonyl (C=O) groups is 1. The van der Waals surface area contributed by atoms with E-state index >= 15 is 0 Å². The van der Waals surface area contributed by atoms with E-state index < -0.39 is 6.36 Å². The van der Waals surface area contributed by atoms with Gasteiger partial charge >= 0.3 is 6.36 Å². The van der Waals surface area contributed by atoms with Gasteiger partial charge in [-0.25, -0.2) is 4.98 Å². The summed E-state index contributed by atoms with van der Waals surface area (Å²) < 4.78 is 41.0. The Labute approximate surface area is 138 Å². The highest BCUT2D eigenvalue weighted by molar-refractivity contribution is 7.16. The Balaban J connectivity index is 1.61. The number of alkyl halides is 3. The molecule has 8 heteroatoms. The minimum absolute atomic E-state index is 0.200. The molecule has 4 nitrogen and oxygen atoms in total. The van der Waals surface area contributed by atoms with E-state index in [0.717, 1.165) is 10.2 Å². The minimum Gasteiger partial charge on any atom is -0.406 e. The van der Waals surface area contributed by atoms with E-state index in [1.807, 2.05) is 0 Å². The third-order valence-corrected chi connectivity index (χ3v) is 4.00. The lowest BCUT2D eigenvalue weighted by Crippen LogP contribution is -2.22. The third-order valence-electron chi connectivity index (χ3n) is 3.20. The van der Waals surface area contributed by atoms with Crippen molar-refractivity contribution in [2.24, 2.45) is 0 Å². The van der Waals surface area contributed by atoms with Gasteiger partial charge in [-0.2, -0.15) is 0 Å². The quantitative estimate of drug-likeness (QED) is 0.768. The topological polar surface area (TPSA) is 51.2 Å². The molecule has 124 valence electrons. The summed E-state index contributed by atoms with van der Waals surface area (Å²) in [5.74, 6) is -0.561. The Kier molecular flexibility index (Phi) is 4.39. The van der Waals surface area contributed by atoms with Crippen LogP contribution in [0.15, 0.2) is 48.0 Å². The van der Waals surface area contributed by atoms with Crippen LogP contribution in [0.25, 0.3) is 10.2 Å². The van der Waals surface area contributed by atoms with Crippen LogP contribution in [0.5, 0.6) is 5.75 Å². The van der Waals surface area contributed by atoms with Crippen molar-refractivity contribution >= 4 is 27.5 Å². The zero-order valence-electron chi connectivity index (χ0n) is 12.1. The number of carbonyl (C=O) groups excluding carboxylic acids is 1. The predicted molar refractivity (Wildman–Crippen MR) is 83.9 cm³/mol. The standard InChI is InChI=1S/C16H11F3N2O2S/c17-16(18,19)23-12-4-1-10(2-5-12)8-20-15(22)11-3-6-13-14(7-11)24-9-21-13/h1-7,9H,8H2,(H,20,22). The maximum absolute atomic E-state index is 12.1. The maximum atomic E-state index is 12.1. The molecule has 24 heavy (non-hydrogen) atoms. The molecule has 3 rings (SSSR count). The Hall–Kier alpha value is -2.61. The van der Waals surface area contributed by atoms with E-state index in [1.54, 1.807) is 23.7 Å². The number of thiazole rings is 1. The molecule has 1 heterocycles. The fourth-order valence-corrected chi connectivity index (χ4v) is 2.81. The number of benzene rings is 2. The van der Waals surface area contributed by atoms with E-state index in [4.69, 9.17) is 0 Å². The number of hydrogen-bond donors (Lipinski definition) is 1. The molecule has 1 aromatic heterocycles. The van der Waals surface area contributed by atoms with Crippen molar-refractivity contribution in [3.63, 3.8) is 0 Å². The van der Waals surface area contributed by atoms with Gasteiger partial charge in [-0.1, -0.05) is 12.1 Å². The molecule has 0 aliphatic rings. The molecule has 0 unspecified atom stereocenters. The lowest BCUT2D eigenvalue weighted by molar-refractivity contribution is -0.274. The van der Waals surface area contributed by atoms with Crippen molar-refractivity contribution in [3.05, 3.63) is 59.1 Å². The van der Waals surface area contributed by atoms with Gasteiger partial charge in [-0.05, 0) is 35.9 Å². The molecule has 0 radical (unpaired) electrons. The van der Waals surface area contributed by atoms with Gasteiger partial charge in [-0.3, -0.25) is 4.79 Å². The second-order valence-electron chi connectivity index (χ2n) is 4.91. The first-order valence-corrected chi connectivity index (χ1v) is 7.75. The highest BCUT2D eigenvalue weighted by Gasteiger charge is 2.30. The number of ether oxygens (including phenoxy) is 1. The van der Waals surface area contributed by atoms with Gasteiger partial charge in [0.2, 0.25) is 0 Å². The van der Waals surface area contributed by atoms with E-state index in [9.17, 15) is 18.0 Å².